The average Bonchev–Trinajstić information content (AvgIpc) is 3.46. The Hall–Kier alpha value is -2.62. The third-order valence-corrected chi connectivity index (χ3v) is 8.74. The topological polar surface area (TPSA) is 141 Å². The lowest BCUT2D eigenvalue weighted by Crippen LogP contribution is -2.59. The lowest BCUT2D eigenvalue weighted by Gasteiger charge is -2.37. The van der Waals surface area contributed by atoms with Crippen molar-refractivity contribution < 1.29 is 32.7 Å². The van der Waals surface area contributed by atoms with Gasteiger partial charge in [-0.2, -0.15) is 5.26 Å². The summed E-state index contributed by atoms with van der Waals surface area (Å²) in [5.74, 6) is -3.73. The van der Waals surface area contributed by atoms with Crippen LogP contribution in [0.2, 0.25) is 0 Å². The van der Waals surface area contributed by atoms with Crippen molar-refractivity contribution in [1.29, 1.82) is 5.26 Å². The number of fused-ring (bicyclic) bond motifs is 1. The first-order valence-electron chi connectivity index (χ1n) is 12.4. The molecule has 0 aromatic rings. The molecular weight excluding hydrogens is 496 g/mol. The van der Waals surface area contributed by atoms with E-state index in [0.717, 1.165) is 0 Å². The number of carbonyl (C=O) groups excluding carboxylic acids is 4. The molecule has 4 aliphatic rings. The molecule has 3 saturated heterocycles. The van der Waals surface area contributed by atoms with E-state index in [0.29, 0.717) is 31.6 Å². The monoisotopic (exact) mass is 527 g/mol. The second kappa shape index (κ2) is 11.2. The van der Waals surface area contributed by atoms with E-state index in [1.54, 1.807) is 0 Å². The van der Waals surface area contributed by atoms with Crippen LogP contribution in [0.4, 0.5) is 13.6 Å². The van der Waals surface area contributed by atoms with Crippen LogP contribution in [0.3, 0.4) is 0 Å². The maximum atomic E-state index is 13.3. The minimum atomic E-state index is -2.65. The van der Waals surface area contributed by atoms with Crippen LogP contribution >= 0.6 is 11.8 Å². The molecular formula is C23H31F2N5O5S. The smallest absolute Gasteiger partial charge is 0.407 e. The van der Waals surface area contributed by atoms with Gasteiger partial charge in [0.1, 0.15) is 18.1 Å². The van der Waals surface area contributed by atoms with E-state index in [-0.39, 0.29) is 61.8 Å². The summed E-state index contributed by atoms with van der Waals surface area (Å²) in [6, 6.07) is -0.459. The fourth-order valence-electron chi connectivity index (χ4n) is 5.24. The van der Waals surface area contributed by atoms with Gasteiger partial charge < -0.3 is 25.6 Å². The van der Waals surface area contributed by atoms with E-state index in [9.17, 15) is 33.2 Å². The summed E-state index contributed by atoms with van der Waals surface area (Å²) in [6.07, 6.45) is 1.12. The summed E-state index contributed by atoms with van der Waals surface area (Å²) in [5.41, 5.74) is 0. The fraction of sp³-hybridized carbons (Fsp3) is 0.783. The second-order valence-corrected chi connectivity index (χ2v) is 11.1. The molecule has 4 rings (SSSR count). The zero-order valence-electron chi connectivity index (χ0n) is 19.8. The molecule has 13 heteroatoms. The van der Waals surface area contributed by atoms with Crippen molar-refractivity contribution in [3.63, 3.8) is 0 Å². The lowest BCUT2D eigenvalue weighted by atomic mass is 9.87. The highest BCUT2D eigenvalue weighted by molar-refractivity contribution is 8.00. The third-order valence-electron chi connectivity index (χ3n) is 7.38. The summed E-state index contributed by atoms with van der Waals surface area (Å²) < 4.78 is 31.8. The molecule has 10 nitrogen and oxygen atoms in total. The summed E-state index contributed by atoms with van der Waals surface area (Å²) in [4.78, 5) is 51.8. The van der Waals surface area contributed by atoms with E-state index in [1.165, 1.54) is 16.7 Å². The number of alkyl carbamates (subject to hydrolysis) is 1. The number of nitriles is 1. The quantitative estimate of drug-likeness (QED) is 0.456. The van der Waals surface area contributed by atoms with Crippen LogP contribution in [0.25, 0.3) is 0 Å². The Kier molecular flexibility index (Phi) is 8.22. The highest BCUT2D eigenvalue weighted by atomic mass is 32.2. The highest BCUT2D eigenvalue weighted by Gasteiger charge is 2.47. The molecule has 4 fully saturated rings. The number of amides is 4. The highest BCUT2D eigenvalue weighted by Crippen LogP contribution is 2.37. The molecule has 0 aromatic heterocycles. The maximum absolute atomic E-state index is 13.3. The van der Waals surface area contributed by atoms with Crippen molar-refractivity contribution in [3.8, 4) is 6.07 Å². The van der Waals surface area contributed by atoms with Crippen LogP contribution < -0.4 is 16.0 Å². The SMILES string of the molecule is N#C[C@H](C[C@@H]1CCNC1=O)NC(=O)[C@@H]1CS[C@H]2CC[C@H](NC(=O)OCC3CCC(F)(F)CC3)C(=O)N21. The van der Waals surface area contributed by atoms with Crippen LogP contribution in [0.1, 0.15) is 51.4 Å². The minimum Gasteiger partial charge on any atom is -0.449 e. The van der Waals surface area contributed by atoms with Gasteiger partial charge in [-0.25, -0.2) is 13.6 Å². The first-order chi connectivity index (χ1) is 17.2. The molecule has 3 N–H and O–H groups in total. The van der Waals surface area contributed by atoms with Gasteiger partial charge in [-0.1, -0.05) is 0 Å². The summed E-state index contributed by atoms with van der Waals surface area (Å²) in [5, 5.41) is 17.2. The second-order valence-electron chi connectivity index (χ2n) is 9.92. The zero-order chi connectivity index (χ0) is 25.9. The van der Waals surface area contributed by atoms with Crippen molar-refractivity contribution in [2.45, 2.75) is 80.8 Å². The van der Waals surface area contributed by atoms with Gasteiger partial charge in [0.2, 0.25) is 23.6 Å². The largest absolute Gasteiger partial charge is 0.449 e. The van der Waals surface area contributed by atoms with E-state index >= 15 is 0 Å². The number of thioether (sulfide) groups is 1. The van der Waals surface area contributed by atoms with Crippen LogP contribution in [0.5, 0.6) is 0 Å². The van der Waals surface area contributed by atoms with Crippen LogP contribution in [0, 0.1) is 23.2 Å². The lowest BCUT2D eigenvalue weighted by molar-refractivity contribution is -0.143. The molecule has 5 atom stereocenters. The van der Waals surface area contributed by atoms with Gasteiger partial charge in [-0.15, -0.1) is 11.8 Å². The molecule has 3 heterocycles. The number of ether oxygens (including phenoxy) is 1. The van der Waals surface area contributed by atoms with Crippen molar-refractivity contribution in [2.24, 2.45) is 11.8 Å². The normalized spacial score (nSPS) is 30.6. The molecule has 3 aliphatic heterocycles. The van der Waals surface area contributed by atoms with E-state index in [4.69, 9.17) is 4.74 Å². The molecule has 198 valence electrons. The van der Waals surface area contributed by atoms with Crippen LogP contribution in [0.15, 0.2) is 0 Å². The zero-order valence-corrected chi connectivity index (χ0v) is 20.7. The number of halogens is 2. The molecule has 1 aliphatic carbocycles. The predicted molar refractivity (Wildman–Crippen MR) is 125 cm³/mol. The fourth-order valence-corrected chi connectivity index (χ4v) is 6.67. The Morgan fingerprint density at radius 2 is 1.97 bits per heavy atom. The van der Waals surface area contributed by atoms with Gasteiger partial charge in [-0.3, -0.25) is 14.4 Å². The molecule has 1 saturated carbocycles. The Morgan fingerprint density at radius 3 is 2.64 bits per heavy atom. The number of hydrogen-bond donors (Lipinski definition) is 3. The van der Waals surface area contributed by atoms with Crippen molar-refractivity contribution >= 4 is 35.6 Å². The van der Waals surface area contributed by atoms with Gasteiger partial charge in [0, 0.05) is 31.1 Å². The average molecular weight is 528 g/mol. The number of alkyl halides is 2. The Morgan fingerprint density at radius 1 is 1.22 bits per heavy atom. The number of nitrogens with zero attached hydrogens (tertiary/aromatic N) is 2. The van der Waals surface area contributed by atoms with Crippen molar-refractivity contribution in [1.82, 2.24) is 20.9 Å². The molecule has 0 radical (unpaired) electrons. The molecule has 0 bridgehead atoms. The molecule has 4 amide bonds. The Balaban J connectivity index is 1.27. The number of hydrogen-bond acceptors (Lipinski definition) is 7. The van der Waals surface area contributed by atoms with Gasteiger partial charge in [0.25, 0.3) is 0 Å². The van der Waals surface area contributed by atoms with Crippen molar-refractivity contribution in [3.05, 3.63) is 0 Å². The third kappa shape index (κ3) is 6.19. The predicted octanol–water partition coefficient (Wildman–Crippen LogP) is 1.51. The van der Waals surface area contributed by atoms with Crippen LogP contribution in [-0.4, -0.2) is 77.0 Å². The first-order valence-corrected chi connectivity index (χ1v) is 13.4. The first kappa shape index (κ1) is 26.4. The number of nitrogens with one attached hydrogen (secondary N) is 3. The standard InChI is InChI=1S/C23H31F2N5O5S/c24-23(25)6-3-13(4-7-23)11-35-22(34)29-16-1-2-18-30(21(16)33)17(12-36-18)20(32)28-15(10-26)9-14-5-8-27-19(14)31/h13-18H,1-9,11-12H2,(H,27,31)(H,28,32)(H,29,34)/t14-,15-,16-,17-,18-/m0/s1. The van der Waals surface area contributed by atoms with E-state index in [2.05, 4.69) is 16.0 Å². The Bertz CT molecular complexity index is 921. The van der Waals surface area contributed by atoms with Gasteiger partial charge in [0.05, 0.1) is 18.0 Å². The van der Waals surface area contributed by atoms with Gasteiger partial charge in [-0.05, 0) is 44.4 Å². The van der Waals surface area contributed by atoms with E-state index < -0.39 is 42.0 Å². The summed E-state index contributed by atoms with van der Waals surface area (Å²) >= 11 is 1.48. The van der Waals surface area contributed by atoms with Gasteiger partial charge in [0.15, 0.2) is 0 Å². The maximum Gasteiger partial charge on any atom is 0.407 e. The Labute approximate surface area is 212 Å². The van der Waals surface area contributed by atoms with Crippen LogP contribution in [-0.2, 0) is 19.1 Å². The van der Waals surface area contributed by atoms with E-state index in [1.807, 2.05) is 6.07 Å². The molecule has 0 spiro atoms. The summed E-state index contributed by atoms with van der Waals surface area (Å²) in [7, 11) is 0. The number of piperidine rings is 1. The van der Waals surface area contributed by atoms with Gasteiger partial charge >= 0.3 is 6.09 Å². The minimum absolute atomic E-state index is 0.0185. The van der Waals surface area contributed by atoms with Crippen molar-refractivity contribution in [2.75, 3.05) is 18.9 Å². The molecule has 36 heavy (non-hydrogen) atoms. The number of rotatable bonds is 7. The summed E-state index contributed by atoms with van der Waals surface area (Å²) in [6.45, 7) is 0.566. The molecule has 0 unspecified atom stereocenters. The molecule has 0 aromatic carbocycles. The number of carbonyl (C=O) groups is 4.